The molecule has 1 aliphatic heterocycles. The molecule has 1 amide bonds. The van der Waals surface area contributed by atoms with E-state index in [9.17, 15) is 18.0 Å². The Morgan fingerprint density at radius 2 is 1.78 bits per heavy atom. The number of thiazole rings is 1. The molecule has 0 saturated carbocycles. The molecule has 1 saturated heterocycles. The Balaban J connectivity index is 1.22. The molecule has 5 heterocycles. The first-order valence-corrected chi connectivity index (χ1v) is 12.0. The third-order valence-corrected chi connectivity index (χ3v) is 7.23. The molecule has 0 atom stereocenters. The van der Waals surface area contributed by atoms with Gasteiger partial charge in [0.1, 0.15) is 22.8 Å². The van der Waals surface area contributed by atoms with Crippen molar-refractivity contribution in [3.8, 4) is 11.5 Å². The average Bonchev–Trinajstić information content (AvgIpc) is 3.60. The maximum atomic E-state index is 13.6. The van der Waals surface area contributed by atoms with Crippen LogP contribution in [0.15, 0.2) is 48.9 Å². The van der Waals surface area contributed by atoms with Gasteiger partial charge in [-0.05, 0) is 24.3 Å². The van der Waals surface area contributed by atoms with Gasteiger partial charge in [-0.2, -0.15) is 13.2 Å². The Bertz CT molecular complexity index is 1530. The number of pyridine rings is 1. The summed E-state index contributed by atoms with van der Waals surface area (Å²) in [4.78, 5) is 36.5. The van der Waals surface area contributed by atoms with Gasteiger partial charge in [0.25, 0.3) is 0 Å². The quantitative estimate of drug-likeness (QED) is 0.394. The minimum absolute atomic E-state index is 0.0938. The van der Waals surface area contributed by atoms with E-state index in [1.807, 2.05) is 29.2 Å². The molecule has 1 N–H and O–H groups in total. The molecule has 184 valence electrons. The van der Waals surface area contributed by atoms with E-state index in [4.69, 9.17) is 0 Å². The van der Waals surface area contributed by atoms with Crippen LogP contribution in [0.1, 0.15) is 5.01 Å². The molecule has 36 heavy (non-hydrogen) atoms. The van der Waals surface area contributed by atoms with Crippen molar-refractivity contribution in [3.05, 3.63) is 53.9 Å². The van der Waals surface area contributed by atoms with E-state index in [2.05, 4.69) is 24.9 Å². The van der Waals surface area contributed by atoms with Gasteiger partial charge in [-0.3, -0.25) is 4.79 Å². The van der Waals surface area contributed by atoms with Crippen molar-refractivity contribution in [3.63, 3.8) is 0 Å². The van der Waals surface area contributed by atoms with Gasteiger partial charge >= 0.3 is 6.18 Å². The van der Waals surface area contributed by atoms with Crippen LogP contribution in [0.2, 0.25) is 0 Å². The minimum Gasteiger partial charge on any atom is -0.358 e. The predicted molar refractivity (Wildman–Crippen MR) is 129 cm³/mol. The SMILES string of the molecule is O=C(Cn1cnc2cccnc21)N1CCN(c2sc(C(F)(F)F)nc2-c2nc3ccccc3[nH]2)CC1. The van der Waals surface area contributed by atoms with Crippen molar-refractivity contribution in [2.75, 3.05) is 31.1 Å². The standard InChI is InChI=1S/C23H19F3N8OS/c24-23(25,26)22-31-18(19-29-14-4-1-2-5-15(14)30-19)21(36-22)33-10-8-32(9-11-33)17(35)12-34-13-28-16-6-3-7-27-20(16)34/h1-7,13H,8-12H2,(H,29,30). The number of fused-ring (bicyclic) bond motifs is 2. The Morgan fingerprint density at radius 3 is 2.56 bits per heavy atom. The summed E-state index contributed by atoms with van der Waals surface area (Å²) in [6, 6.07) is 10.8. The molecule has 1 aliphatic rings. The van der Waals surface area contributed by atoms with Crippen LogP contribution in [0.5, 0.6) is 0 Å². The summed E-state index contributed by atoms with van der Waals surface area (Å²) >= 11 is 0.598. The summed E-state index contributed by atoms with van der Waals surface area (Å²) in [7, 11) is 0. The normalized spacial score (nSPS) is 14.8. The first kappa shape index (κ1) is 22.5. The van der Waals surface area contributed by atoms with E-state index in [0.29, 0.717) is 59.2 Å². The number of aromatic amines is 1. The maximum absolute atomic E-state index is 13.6. The fourth-order valence-electron chi connectivity index (χ4n) is 4.28. The largest absolute Gasteiger partial charge is 0.443 e. The van der Waals surface area contributed by atoms with Crippen LogP contribution in [-0.2, 0) is 17.5 Å². The highest BCUT2D eigenvalue weighted by molar-refractivity contribution is 7.16. The second kappa shape index (κ2) is 8.59. The van der Waals surface area contributed by atoms with Crippen LogP contribution in [0.3, 0.4) is 0 Å². The second-order valence-electron chi connectivity index (χ2n) is 8.36. The highest BCUT2D eigenvalue weighted by Gasteiger charge is 2.38. The number of rotatable bonds is 4. The Labute approximate surface area is 206 Å². The molecular formula is C23H19F3N8OS. The number of alkyl halides is 3. The molecule has 1 fully saturated rings. The first-order valence-electron chi connectivity index (χ1n) is 11.2. The van der Waals surface area contributed by atoms with Crippen molar-refractivity contribution in [2.45, 2.75) is 12.7 Å². The highest BCUT2D eigenvalue weighted by atomic mass is 32.1. The molecule has 1 aromatic carbocycles. The lowest BCUT2D eigenvalue weighted by atomic mass is 10.3. The number of piperazine rings is 1. The summed E-state index contributed by atoms with van der Waals surface area (Å²) < 4.78 is 42.4. The third kappa shape index (κ3) is 4.04. The van der Waals surface area contributed by atoms with Crippen molar-refractivity contribution in [1.82, 2.24) is 34.4 Å². The molecular weight excluding hydrogens is 493 g/mol. The molecule has 13 heteroatoms. The number of amides is 1. The van der Waals surface area contributed by atoms with E-state index >= 15 is 0 Å². The van der Waals surface area contributed by atoms with Gasteiger partial charge in [-0.25, -0.2) is 19.9 Å². The number of benzene rings is 1. The number of H-pyrrole nitrogens is 1. The van der Waals surface area contributed by atoms with Gasteiger partial charge in [-0.15, -0.1) is 0 Å². The lowest BCUT2D eigenvalue weighted by Gasteiger charge is -2.35. The molecule has 0 bridgehead atoms. The molecule has 4 aromatic heterocycles. The lowest BCUT2D eigenvalue weighted by molar-refractivity contribution is -0.137. The number of hydrogen-bond acceptors (Lipinski definition) is 7. The number of nitrogens with one attached hydrogen (secondary N) is 1. The summed E-state index contributed by atoms with van der Waals surface area (Å²) in [5.74, 6) is 0.188. The first-order chi connectivity index (χ1) is 17.4. The fourth-order valence-corrected chi connectivity index (χ4v) is 5.27. The van der Waals surface area contributed by atoms with Crippen LogP contribution >= 0.6 is 11.3 Å². The Hall–Kier alpha value is -4.00. The van der Waals surface area contributed by atoms with Crippen LogP contribution in [-0.4, -0.2) is 66.5 Å². The average molecular weight is 513 g/mol. The van der Waals surface area contributed by atoms with E-state index in [1.54, 1.807) is 34.1 Å². The number of anilines is 1. The van der Waals surface area contributed by atoms with Gasteiger partial charge in [0.2, 0.25) is 10.9 Å². The summed E-state index contributed by atoms with van der Waals surface area (Å²) in [6.07, 6.45) is -1.34. The third-order valence-electron chi connectivity index (χ3n) is 6.06. The summed E-state index contributed by atoms with van der Waals surface area (Å²) in [5.41, 5.74) is 2.87. The zero-order valence-electron chi connectivity index (χ0n) is 18.7. The monoisotopic (exact) mass is 512 g/mol. The zero-order chi connectivity index (χ0) is 24.9. The number of carbonyl (C=O) groups is 1. The van der Waals surface area contributed by atoms with Crippen molar-refractivity contribution in [2.24, 2.45) is 0 Å². The summed E-state index contributed by atoms with van der Waals surface area (Å²) in [5, 5.41) is -0.538. The Kier molecular flexibility index (Phi) is 5.36. The van der Waals surface area contributed by atoms with E-state index in [-0.39, 0.29) is 24.0 Å². The smallest absolute Gasteiger partial charge is 0.358 e. The van der Waals surface area contributed by atoms with Gasteiger partial charge in [0.05, 0.1) is 17.4 Å². The number of carbonyl (C=O) groups excluding carboxylic acids is 1. The van der Waals surface area contributed by atoms with Crippen molar-refractivity contribution >= 4 is 44.4 Å². The second-order valence-corrected chi connectivity index (χ2v) is 9.34. The molecule has 6 rings (SSSR count). The van der Waals surface area contributed by atoms with E-state index in [1.165, 1.54) is 0 Å². The Morgan fingerprint density at radius 1 is 1.00 bits per heavy atom. The van der Waals surface area contributed by atoms with Crippen molar-refractivity contribution in [1.29, 1.82) is 0 Å². The van der Waals surface area contributed by atoms with Gasteiger partial charge in [-0.1, -0.05) is 23.5 Å². The number of nitrogens with zero attached hydrogens (tertiary/aromatic N) is 7. The lowest BCUT2D eigenvalue weighted by Crippen LogP contribution is -2.49. The van der Waals surface area contributed by atoms with E-state index < -0.39 is 11.2 Å². The van der Waals surface area contributed by atoms with Gasteiger partial charge in [0.15, 0.2) is 11.5 Å². The summed E-state index contributed by atoms with van der Waals surface area (Å²) in [6.45, 7) is 1.59. The number of aromatic nitrogens is 6. The topological polar surface area (TPSA) is 95.8 Å². The number of para-hydroxylation sites is 2. The number of hydrogen-bond donors (Lipinski definition) is 1. The molecule has 5 aromatic rings. The molecule has 0 spiro atoms. The number of imidazole rings is 2. The van der Waals surface area contributed by atoms with Crippen LogP contribution in [0.4, 0.5) is 18.2 Å². The van der Waals surface area contributed by atoms with Crippen molar-refractivity contribution < 1.29 is 18.0 Å². The molecule has 0 radical (unpaired) electrons. The molecule has 9 nitrogen and oxygen atoms in total. The minimum atomic E-state index is -4.57. The van der Waals surface area contributed by atoms with Gasteiger partial charge < -0.3 is 19.4 Å². The fraction of sp³-hybridized carbons (Fsp3) is 0.261. The maximum Gasteiger partial charge on any atom is 0.443 e. The zero-order valence-corrected chi connectivity index (χ0v) is 19.6. The number of halogens is 3. The van der Waals surface area contributed by atoms with Gasteiger partial charge in [0, 0.05) is 32.4 Å². The highest BCUT2D eigenvalue weighted by Crippen LogP contribution is 2.42. The molecule has 0 aliphatic carbocycles. The van der Waals surface area contributed by atoms with Crippen LogP contribution < -0.4 is 4.90 Å². The van der Waals surface area contributed by atoms with E-state index in [0.717, 1.165) is 5.52 Å². The van der Waals surface area contributed by atoms with Crippen LogP contribution in [0.25, 0.3) is 33.7 Å². The predicted octanol–water partition coefficient (Wildman–Crippen LogP) is 3.80. The molecule has 0 unspecified atom stereocenters. The van der Waals surface area contributed by atoms with Crippen LogP contribution in [0, 0.1) is 0 Å².